The Morgan fingerprint density at radius 3 is 2.50 bits per heavy atom. The fraction of sp³-hybridized carbons (Fsp3) is 0.0714. The molecule has 0 atom stereocenters. The monoisotopic (exact) mass is 304 g/mol. The van der Waals surface area contributed by atoms with Crippen molar-refractivity contribution in [2.75, 3.05) is 0 Å². The van der Waals surface area contributed by atoms with Crippen molar-refractivity contribution in [3.63, 3.8) is 0 Å². The van der Waals surface area contributed by atoms with Crippen molar-refractivity contribution >= 4 is 21.8 Å². The summed E-state index contributed by atoms with van der Waals surface area (Å²) in [6.07, 6.45) is 0. The van der Waals surface area contributed by atoms with Crippen LogP contribution in [0.4, 0.5) is 0 Å². The average Bonchev–Trinajstić information content (AvgIpc) is 2.37. The lowest BCUT2D eigenvalue weighted by Gasteiger charge is -2.07. The fourth-order valence-electron chi connectivity index (χ4n) is 1.50. The highest BCUT2D eigenvalue weighted by atomic mass is 79.9. The number of hydrogen-bond donors (Lipinski definition) is 2. The van der Waals surface area contributed by atoms with E-state index in [4.69, 9.17) is 15.9 Å². The third-order valence-electron chi connectivity index (χ3n) is 2.47. The number of nitrogens with one attached hydrogen (secondary N) is 1. The molecule has 2 aromatic rings. The van der Waals surface area contributed by atoms with Crippen LogP contribution in [-0.2, 0) is 6.61 Å². The summed E-state index contributed by atoms with van der Waals surface area (Å²) in [6.45, 7) is 0.495. The second-order valence-corrected chi connectivity index (χ2v) is 4.77. The van der Waals surface area contributed by atoms with Crippen molar-refractivity contribution < 1.29 is 4.74 Å². The smallest absolute Gasteiger partial charge is 0.122 e. The van der Waals surface area contributed by atoms with Gasteiger partial charge < -0.3 is 10.5 Å². The topological polar surface area (TPSA) is 59.1 Å². The van der Waals surface area contributed by atoms with Gasteiger partial charge in [0.05, 0.1) is 0 Å². The molecular formula is C14H13BrN2O. The van der Waals surface area contributed by atoms with Crippen molar-refractivity contribution in [3.8, 4) is 5.75 Å². The van der Waals surface area contributed by atoms with Crippen LogP contribution < -0.4 is 10.5 Å². The summed E-state index contributed by atoms with van der Waals surface area (Å²) >= 11 is 3.40. The van der Waals surface area contributed by atoms with Crippen LogP contribution in [0.5, 0.6) is 5.75 Å². The standard InChI is InChI=1S/C14H13BrN2O/c15-12-2-1-3-13(8-12)18-9-10-4-6-11(7-5-10)14(16)17/h1-8H,9H2,(H3,16,17). The second kappa shape index (κ2) is 5.69. The number of amidine groups is 1. The highest BCUT2D eigenvalue weighted by molar-refractivity contribution is 9.10. The Morgan fingerprint density at radius 2 is 1.89 bits per heavy atom. The van der Waals surface area contributed by atoms with E-state index in [0.717, 1.165) is 21.3 Å². The first-order chi connectivity index (χ1) is 8.65. The summed E-state index contributed by atoms with van der Waals surface area (Å²) in [5.74, 6) is 0.898. The molecule has 3 nitrogen and oxygen atoms in total. The van der Waals surface area contributed by atoms with Crippen LogP contribution in [0.25, 0.3) is 0 Å². The summed E-state index contributed by atoms with van der Waals surface area (Å²) in [5.41, 5.74) is 7.16. The molecule has 0 radical (unpaired) electrons. The van der Waals surface area contributed by atoms with E-state index in [-0.39, 0.29) is 5.84 Å². The van der Waals surface area contributed by atoms with E-state index in [9.17, 15) is 0 Å². The van der Waals surface area contributed by atoms with Crippen molar-refractivity contribution in [1.82, 2.24) is 0 Å². The van der Waals surface area contributed by atoms with Gasteiger partial charge in [0.2, 0.25) is 0 Å². The molecule has 0 aliphatic rings. The Morgan fingerprint density at radius 1 is 1.17 bits per heavy atom. The molecule has 0 spiro atoms. The van der Waals surface area contributed by atoms with Crippen LogP contribution in [0.2, 0.25) is 0 Å². The molecule has 3 N–H and O–H groups in total. The first kappa shape index (κ1) is 12.6. The maximum atomic E-state index is 7.31. The minimum absolute atomic E-state index is 0.0782. The van der Waals surface area contributed by atoms with Crippen LogP contribution in [0.1, 0.15) is 11.1 Å². The van der Waals surface area contributed by atoms with Gasteiger partial charge in [0.15, 0.2) is 0 Å². The van der Waals surface area contributed by atoms with E-state index in [1.54, 1.807) is 0 Å². The van der Waals surface area contributed by atoms with Crippen LogP contribution in [0.15, 0.2) is 53.0 Å². The Labute approximate surface area is 114 Å². The molecule has 0 fully saturated rings. The summed E-state index contributed by atoms with van der Waals surface area (Å²) in [6, 6.07) is 15.2. The lowest BCUT2D eigenvalue weighted by molar-refractivity contribution is 0.306. The van der Waals surface area contributed by atoms with Crippen LogP contribution in [0, 0.1) is 5.41 Å². The van der Waals surface area contributed by atoms with E-state index in [2.05, 4.69) is 15.9 Å². The molecule has 0 saturated carbocycles. The van der Waals surface area contributed by atoms with Crippen LogP contribution in [0.3, 0.4) is 0 Å². The van der Waals surface area contributed by atoms with Gasteiger partial charge in [-0.1, -0.05) is 46.3 Å². The zero-order chi connectivity index (χ0) is 13.0. The van der Waals surface area contributed by atoms with Gasteiger partial charge in [0.25, 0.3) is 0 Å². The Kier molecular flexibility index (Phi) is 3.99. The number of rotatable bonds is 4. The van der Waals surface area contributed by atoms with E-state index < -0.39 is 0 Å². The minimum atomic E-state index is 0.0782. The zero-order valence-corrected chi connectivity index (χ0v) is 11.3. The van der Waals surface area contributed by atoms with Crippen LogP contribution in [-0.4, -0.2) is 5.84 Å². The molecule has 2 aromatic carbocycles. The van der Waals surface area contributed by atoms with Gasteiger partial charge in [-0.2, -0.15) is 0 Å². The molecular weight excluding hydrogens is 292 g/mol. The normalized spacial score (nSPS) is 10.1. The molecule has 92 valence electrons. The molecule has 0 saturated heterocycles. The molecule has 2 rings (SSSR count). The number of hydrogen-bond acceptors (Lipinski definition) is 2. The molecule has 0 amide bonds. The maximum absolute atomic E-state index is 7.31. The van der Waals surface area contributed by atoms with Gasteiger partial charge >= 0.3 is 0 Å². The van der Waals surface area contributed by atoms with E-state index in [0.29, 0.717) is 6.61 Å². The average molecular weight is 305 g/mol. The number of nitrogens with two attached hydrogens (primary N) is 1. The highest BCUT2D eigenvalue weighted by Gasteiger charge is 1.99. The van der Waals surface area contributed by atoms with Crippen LogP contribution >= 0.6 is 15.9 Å². The lowest BCUT2D eigenvalue weighted by atomic mass is 10.1. The third kappa shape index (κ3) is 3.34. The first-order valence-corrected chi connectivity index (χ1v) is 6.26. The summed E-state index contributed by atoms with van der Waals surface area (Å²) in [4.78, 5) is 0. The van der Waals surface area contributed by atoms with Crippen molar-refractivity contribution in [2.24, 2.45) is 5.73 Å². The van der Waals surface area contributed by atoms with E-state index >= 15 is 0 Å². The molecule has 0 bridgehead atoms. The SMILES string of the molecule is N=C(N)c1ccc(COc2cccc(Br)c2)cc1. The van der Waals surface area contributed by atoms with Gasteiger partial charge in [0, 0.05) is 10.0 Å². The largest absolute Gasteiger partial charge is 0.489 e. The zero-order valence-electron chi connectivity index (χ0n) is 9.69. The highest BCUT2D eigenvalue weighted by Crippen LogP contribution is 2.19. The summed E-state index contributed by atoms with van der Waals surface area (Å²) in [7, 11) is 0. The molecule has 0 aliphatic carbocycles. The predicted octanol–water partition coefficient (Wildman–Crippen LogP) is 3.31. The summed E-state index contributed by atoms with van der Waals surface area (Å²) < 4.78 is 6.65. The summed E-state index contributed by atoms with van der Waals surface area (Å²) in [5, 5.41) is 7.31. The van der Waals surface area contributed by atoms with Crippen molar-refractivity contribution in [2.45, 2.75) is 6.61 Å². The number of ether oxygens (including phenoxy) is 1. The molecule has 0 heterocycles. The minimum Gasteiger partial charge on any atom is -0.489 e. The lowest BCUT2D eigenvalue weighted by Crippen LogP contribution is -2.10. The van der Waals surface area contributed by atoms with Gasteiger partial charge in [0.1, 0.15) is 18.2 Å². The number of nitrogen functional groups attached to an aromatic ring is 1. The Bertz CT molecular complexity index is 552. The number of halogens is 1. The van der Waals surface area contributed by atoms with Crippen molar-refractivity contribution in [3.05, 3.63) is 64.1 Å². The van der Waals surface area contributed by atoms with Gasteiger partial charge in [-0.15, -0.1) is 0 Å². The van der Waals surface area contributed by atoms with E-state index in [1.807, 2.05) is 48.5 Å². The molecule has 0 aliphatic heterocycles. The van der Waals surface area contributed by atoms with Gasteiger partial charge in [-0.3, -0.25) is 5.41 Å². The first-order valence-electron chi connectivity index (χ1n) is 5.47. The van der Waals surface area contributed by atoms with Crippen molar-refractivity contribution in [1.29, 1.82) is 5.41 Å². The fourth-order valence-corrected chi connectivity index (χ4v) is 1.88. The van der Waals surface area contributed by atoms with Gasteiger partial charge in [-0.05, 0) is 23.8 Å². The molecule has 4 heteroatoms. The predicted molar refractivity (Wildman–Crippen MR) is 75.9 cm³/mol. The number of benzene rings is 2. The Balaban J connectivity index is 2.00. The third-order valence-corrected chi connectivity index (χ3v) is 2.96. The maximum Gasteiger partial charge on any atom is 0.122 e. The Hall–Kier alpha value is -1.81. The quantitative estimate of drug-likeness (QED) is 0.672. The molecule has 0 unspecified atom stereocenters. The molecule has 18 heavy (non-hydrogen) atoms. The van der Waals surface area contributed by atoms with Gasteiger partial charge in [-0.25, -0.2) is 0 Å². The van der Waals surface area contributed by atoms with E-state index in [1.165, 1.54) is 0 Å². The molecule has 0 aromatic heterocycles. The second-order valence-electron chi connectivity index (χ2n) is 3.86.